The first kappa shape index (κ1) is 16.1. The molecule has 1 aromatic rings. The van der Waals surface area contributed by atoms with Gasteiger partial charge in [-0.15, -0.1) is 0 Å². The number of benzene rings is 1. The van der Waals surface area contributed by atoms with Gasteiger partial charge in [-0.05, 0) is 35.2 Å². The number of methoxy groups -OCH3 is 1. The lowest BCUT2D eigenvalue weighted by Crippen LogP contribution is -2.50. The molecule has 0 aliphatic heterocycles. The van der Waals surface area contributed by atoms with E-state index in [4.69, 9.17) is 4.74 Å². The van der Waals surface area contributed by atoms with Gasteiger partial charge in [-0.25, -0.2) is 0 Å². The molecule has 0 amide bonds. The van der Waals surface area contributed by atoms with Gasteiger partial charge in [-0.1, -0.05) is 63.7 Å². The third-order valence-corrected chi connectivity index (χ3v) is 10.6. The number of allylic oxidation sites excluding steroid dienone is 4. The number of ether oxygens (including phenoxy) is 1. The standard InChI is InChI=1S/C19H28OSi/c1-14-12-16(15-10-8-9-11-15)18(20-5)17(13-14)21(6,7)19(2,3)4/h8-10,12-13H,11H2,1-7H3. The summed E-state index contributed by atoms with van der Waals surface area (Å²) in [5.41, 5.74) is 3.98. The van der Waals surface area contributed by atoms with Crippen LogP contribution in [0, 0.1) is 6.92 Å². The van der Waals surface area contributed by atoms with Crippen molar-refractivity contribution in [2.24, 2.45) is 0 Å². The van der Waals surface area contributed by atoms with Crippen molar-refractivity contribution in [3.8, 4) is 5.75 Å². The normalized spacial score (nSPS) is 15.3. The average molecular weight is 301 g/mol. The number of aryl methyl sites for hydroxylation is 1. The zero-order valence-electron chi connectivity index (χ0n) is 14.5. The molecule has 1 aliphatic rings. The lowest BCUT2D eigenvalue weighted by Gasteiger charge is -2.39. The monoisotopic (exact) mass is 300 g/mol. The zero-order valence-corrected chi connectivity index (χ0v) is 15.5. The smallest absolute Gasteiger partial charge is 0.125 e. The average Bonchev–Trinajstić information content (AvgIpc) is 2.90. The minimum Gasteiger partial charge on any atom is -0.496 e. The molecular weight excluding hydrogens is 272 g/mol. The minimum atomic E-state index is -1.63. The number of hydrogen-bond acceptors (Lipinski definition) is 1. The SMILES string of the molecule is COc1c(C2=CC=CC2)cc(C)cc1[Si](C)(C)C(C)(C)C. The quantitative estimate of drug-likeness (QED) is 0.709. The molecule has 0 bridgehead atoms. The van der Waals surface area contributed by atoms with Gasteiger partial charge >= 0.3 is 0 Å². The van der Waals surface area contributed by atoms with Crippen molar-refractivity contribution in [2.75, 3.05) is 7.11 Å². The van der Waals surface area contributed by atoms with Crippen LogP contribution in [0.3, 0.4) is 0 Å². The molecule has 114 valence electrons. The Morgan fingerprint density at radius 3 is 2.29 bits per heavy atom. The van der Waals surface area contributed by atoms with Gasteiger partial charge in [0.2, 0.25) is 0 Å². The van der Waals surface area contributed by atoms with Crippen LogP contribution in [0.2, 0.25) is 18.1 Å². The van der Waals surface area contributed by atoms with Crippen LogP contribution in [0.1, 0.15) is 38.3 Å². The Kier molecular flexibility index (Phi) is 4.21. The molecule has 0 fully saturated rings. The van der Waals surface area contributed by atoms with Crippen LogP contribution in [-0.4, -0.2) is 15.2 Å². The highest BCUT2D eigenvalue weighted by molar-refractivity contribution is 6.92. The predicted octanol–water partition coefficient (Wildman–Crippen LogP) is 5.06. The second-order valence-electron chi connectivity index (χ2n) is 7.59. The van der Waals surface area contributed by atoms with Crippen LogP contribution in [0.15, 0.2) is 30.4 Å². The first-order chi connectivity index (χ1) is 9.68. The van der Waals surface area contributed by atoms with Crippen LogP contribution in [0.5, 0.6) is 5.75 Å². The highest BCUT2D eigenvalue weighted by atomic mass is 28.3. The maximum Gasteiger partial charge on any atom is 0.125 e. The van der Waals surface area contributed by atoms with Crippen LogP contribution in [-0.2, 0) is 0 Å². The van der Waals surface area contributed by atoms with E-state index in [-0.39, 0.29) is 0 Å². The van der Waals surface area contributed by atoms with E-state index in [0.29, 0.717) is 5.04 Å². The van der Waals surface area contributed by atoms with E-state index in [2.05, 4.69) is 71.1 Å². The molecule has 0 N–H and O–H groups in total. The second kappa shape index (κ2) is 5.49. The Morgan fingerprint density at radius 1 is 1.14 bits per heavy atom. The van der Waals surface area contributed by atoms with Crippen molar-refractivity contribution >= 4 is 18.8 Å². The van der Waals surface area contributed by atoms with Crippen molar-refractivity contribution in [1.82, 2.24) is 0 Å². The molecule has 0 radical (unpaired) electrons. The van der Waals surface area contributed by atoms with Gasteiger partial charge in [0.25, 0.3) is 0 Å². The molecule has 1 aliphatic carbocycles. The lowest BCUT2D eigenvalue weighted by atomic mass is 10.0. The van der Waals surface area contributed by atoms with E-state index in [9.17, 15) is 0 Å². The van der Waals surface area contributed by atoms with Crippen LogP contribution in [0.25, 0.3) is 5.57 Å². The Hall–Kier alpha value is -1.28. The molecule has 0 spiro atoms. The summed E-state index contributed by atoms with van der Waals surface area (Å²) in [6, 6.07) is 4.62. The Morgan fingerprint density at radius 2 is 1.81 bits per heavy atom. The fourth-order valence-electron chi connectivity index (χ4n) is 2.75. The van der Waals surface area contributed by atoms with Gasteiger partial charge in [-0.2, -0.15) is 0 Å². The highest BCUT2D eigenvalue weighted by Gasteiger charge is 2.39. The third-order valence-electron chi connectivity index (χ3n) is 5.10. The van der Waals surface area contributed by atoms with Gasteiger partial charge in [0.15, 0.2) is 0 Å². The van der Waals surface area contributed by atoms with E-state index in [1.165, 1.54) is 21.9 Å². The maximum absolute atomic E-state index is 5.89. The largest absolute Gasteiger partial charge is 0.496 e. The molecule has 0 saturated heterocycles. The Balaban J connectivity index is 2.67. The lowest BCUT2D eigenvalue weighted by molar-refractivity contribution is 0.416. The molecule has 21 heavy (non-hydrogen) atoms. The summed E-state index contributed by atoms with van der Waals surface area (Å²) in [6.07, 6.45) is 7.58. The fourth-order valence-corrected chi connectivity index (χ4v) is 4.95. The molecule has 2 heteroatoms. The molecule has 0 saturated carbocycles. The van der Waals surface area contributed by atoms with Gasteiger partial charge in [0.05, 0.1) is 15.2 Å². The van der Waals surface area contributed by atoms with E-state index >= 15 is 0 Å². The van der Waals surface area contributed by atoms with Gasteiger partial charge in [0, 0.05) is 5.56 Å². The minimum absolute atomic E-state index is 0.299. The molecule has 2 rings (SSSR count). The number of rotatable bonds is 3. The summed E-state index contributed by atoms with van der Waals surface area (Å²) < 4.78 is 5.89. The van der Waals surface area contributed by atoms with Crippen molar-refractivity contribution in [3.05, 3.63) is 41.5 Å². The van der Waals surface area contributed by atoms with Crippen molar-refractivity contribution in [2.45, 2.75) is 52.2 Å². The van der Waals surface area contributed by atoms with E-state index in [0.717, 1.165) is 12.2 Å². The zero-order chi connectivity index (χ0) is 15.8. The molecule has 0 unspecified atom stereocenters. The first-order valence-electron chi connectivity index (χ1n) is 7.73. The highest BCUT2D eigenvalue weighted by Crippen LogP contribution is 2.40. The Labute approximate surface area is 130 Å². The summed E-state index contributed by atoms with van der Waals surface area (Å²) in [6.45, 7) is 14.2. The fraction of sp³-hybridized carbons (Fsp3) is 0.474. The summed E-state index contributed by atoms with van der Waals surface area (Å²) in [5.74, 6) is 1.10. The summed E-state index contributed by atoms with van der Waals surface area (Å²) in [7, 11) is 0.180. The van der Waals surface area contributed by atoms with Crippen LogP contribution < -0.4 is 9.92 Å². The van der Waals surface area contributed by atoms with Crippen LogP contribution >= 0.6 is 0 Å². The Bertz CT molecular complexity index is 601. The second-order valence-corrected chi connectivity index (χ2v) is 12.9. The van der Waals surface area contributed by atoms with Gasteiger partial charge in [0.1, 0.15) is 5.75 Å². The third kappa shape index (κ3) is 2.87. The predicted molar refractivity (Wildman–Crippen MR) is 96.3 cm³/mol. The number of hydrogen-bond donors (Lipinski definition) is 0. The van der Waals surface area contributed by atoms with Crippen LogP contribution in [0.4, 0.5) is 0 Å². The first-order valence-corrected chi connectivity index (χ1v) is 10.7. The summed E-state index contributed by atoms with van der Waals surface area (Å²) >= 11 is 0. The molecule has 0 heterocycles. The van der Waals surface area contributed by atoms with Gasteiger partial charge < -0.3 is 4.74 Å². The van der Waals surface area contributed by atoms with Crippen molar-refractivity contribution < 1.29 is 4.74 Å². The van der Waals surface area contributed by atoms with Gasteiger partial charge in [-0.3, -0.25) is 0 Å². The van der Waals surface area contributed by atoms with E-state index in [1.54, 1.807) is 0 Å². The molecule has 1 aromatic carbocycles. The maximum atomic E-state index is 5.89. The molecule has 0 aromatic heterocycles. The molecule has 0 atom stereocenters. The van der Waals surface area contributed by atoms with E-state index < -0.39 is 8.07 Å². The molecular formula is C19H28OSi. The van der Waals surface area contributed by atoms with Crippen molar-refractivity contribution in [1.29, 1.82) is 0 Å². The summed E-state index contributed by atoms with van der Waals surface area (Å²) in [4.78, 5) is 0. The van der Waals surface area contributed by atoms with E-state index in [1.807, 2.05) is 7.11 Å². The summed E-state index contributed by atoms with van der Waals surface area (Å²) in [5, 5.41) is 1.74. The molecule has 1 nitrogen and oxygen atoms in total. The topological polar surface area (TPSA) is 9.23 Å². The van der Waals surface area contributed by atoms with Crippen molar-refractivity contribution in [3.63, 3.8) is 0 Å².